The molecule has 0 unspecified atom stereocenters. The van der Waals surface area contributed by atoms with E-state index >= 15 is 0 Å². The van der Waals surface area contributed by atoms with E-state index in [1.807, 2.05) is 12.1 Å². The summed E-state index contributed by atoms with van der Waals surface area (Å²) in [5.74, 6) is 0. The van der Waals surface area contributed by atoms with E-state index < -0.39 is 0 Å². The normalized spacial score (nSPS) is 11.8. The second-order valence-corrected chi connectivity index (χ2v) is 20.8. The summed E-state index contributed by atoms with van der Waals surface area (Å²) in [5.41, 5.74) is 18.6. The van der Waals surface area contributed by atoms with Crippen molar-refractivity contribution in [2.24, 2.45) is 0 Å². The van der Waals surface area contributed by atoms with Crippen LogP contribution in [0.4, 0.5) is 34.1 Å². The van der Waals surface area contributed by atoms with Crippen molar-refractivity contribution in [1.82, 2.24) is 0 Å². The van der Waals surface area contributed by atoms with Gasteiger partial charge < -0.3 is 18.6 Å². The van der Waals surface area contributed by atoms with Crippen LogP contribution in [-0.4, -0.2) is 0 Å². The number of rotatable bonds is 10. The van der Waals surface area contributed by atoms with Gasteiger partial charge in [-0.05, 0) is 138 Å². The van der Waals surface area contributed by atoms with Crippen molar-refractivity contribution < 1.29 is 8.83 Å². The number of hydrogen-bond acceptors (Lipinski definition) is 4. The molecule has 4 heteroatoms. The summed E-state index contributed by atoms with van der Waals surface area (Å²) >= 11 is 0. The lowest BCUT2D eigenvalue weighted by molar-refractivity contribution is 0.668. The molecule has 2 heterocycles. The zero-order valence-electron chi connectivity index (χ0n) is 43.4. The molecule has 0 atom stereocenters. The van der Waals surface area contributed by atoms with Crippen LogP contribution in [0.5, 0.6) is 0 Å². The lowest BCUT2D eigenvalue weighted by Crippen LogP contribution is -2.12. The van der Waals surface area contributed by atoms with E-state index in [0.29, 0.717) is 0 Å². The fourth-order valence-corrected chi connectivity index (χ4v) is 12.5. The number of benzene rings is 14. The van der Waals surface area contributed by atoms with Crippen LogP contribution in [0.2, 0.25) is 0 Å². The van der Waals surface area contributed by atoms with Gasteiger partial charge in [0.1, 0.15) is 11.2 Å². The lowest BCUT2D eigenvalue weighted by atomic mass is 9.92. The number of fused-ring (bicyclic) bond motifs is 6. The van der Waals surface area contributed by atoms with Gasteiger partial charge in [0.15, 0.2) is 11.2 Å². The van der Waals surface area contributed by atoms with Crippen molar-refractivity contribution in [1.29, 1.82) is 0 Å². The van der Waals surface area contributed by atoms with Crippen LogP contribution in [0.1, 0.15) is 0 Å². The Morgan fingerprint density at radius 2 is 0.562 bits per heavy atom. The molecule has 14 aromatic carbocycles. The molecule has 0 radical (unpaired) electrons. The monoisotopic (exact) mass is 1020 g/mol. The molecule has 16 rings (SSSR count). The molecule has 2 aromatic heterocycles. The molecule has 0 N–H and O–H groups in total. The standard InChI is InChI=1S/C76H48N2O2/c1-5-19-49(20-6-1)53-39-41-67(65(47-53)51-23-9-3-10-24-51)77(69-31-17-29-63-61-27-13-15-33-71(61)79-75(63)69)59-43-55-35-37-57-45-60(46-58-38-36-56(44-59)73(55)74(57)58)78(70-32-18-30-64-62-28-14-16-34-72(62)80-76(64)70)68-42-40-54(50-21-7-2-8-22-50)48-66(68)52-25-11-4-12-26-52/h1-48H. The first-order valence-electron chi connectivity index (χ1n) is 27.3. The van der Waals surface area contributed by atoms with E-state index in [2.05, 4.69) is 289 Å². The maximum Gasteiger partial charge on any atom is 0.159 e. The van der Waals surface area contributed by atoms with Crippen molar-refractivity contribution in [3.63, 3.8) is 0 Å². The minimum atomic E-state index is 0.838. The van der Waals surface area contributed by atoms with Gasteiger partial charge in [-0.3, -0.25) is 0 Å². The second kappa shape index (κ2) is 18.5. The van der Waals surface area contributed by atoms with Crippen molar-refractivity contribution in [2.45, 2.75) is 0 Å². The van der Waals surface area contributed by atoms with Crippen molar-refractivity contribution in [2.75, 3.05) is 9.80 Å². The molecule has 0 bridgehead atoms. The zero-order chi connectivity index (χ0) is 52.7. The molecule has 0 aliphatic rings. The number of para-hydroxylation sites is 4. The Bertz CT molecular complexity index is 4620. The molecule has 0 saturated carbocycles. The van der Waals surface area contributed by atoms with Gasteiger partial charge in [0.25, 0.3) is 0 Å². The van der Waals surface area contributed by atoms with Gasteiger partial charge in [0.05, 0.1) is 22.7 Å². The van der Waals surface area contributed by atoms with E-state index in [9.17, 15) is 0 Å². The molecule has 0 aliphatic heterocycles. The minimum Gasteiger partial charge on any atom is -0.454 e. The SMILES string of the molecule is c1ccc(-c2ccc(N(c3cc4ccc5cc(N(c6ccc(-c7ccccc7)cc6-c6ccccc6)c6cccc7c6oc6ccccc67)cc6ccc(c3)c4c56)c3cccc4c3oc3ccccc34)c(-c3ccccc3)c2)cc1. The highest BCUT2D eigenvalue weighted by atomic mass is 16.3. The Balaban J connectivity index is 0.915. The summed E-state index contributed by atoms with van der Waals surface area (Å²) in [6.45, 7) is 0. The fourth-order valence-electron chi connectivity index (χ4n) is 12.5. The van der Waals surface area contributed by atoms with Crippen LogP contribution >= 0.6 is 0 Å². The van der Waals surface area contributed by atoms with Gasteiger partial charge in [0, 0.05) is 44.0 Å². The highest BCUT2D eigenvalue weighted by molar-refractivity contribution is 6.25. The van der Waals surface area contributed by atoms with Gasteiger partial charge >= 0.3 is 0 Å². The van der Waals surface area contributed by atoms with E-state index in [0.717, 1.165) is 133 Å². The average molecular weight is 1020 g/mol. The summed E-state index contributed by atoms with van der Waals surface area (Å²) < 4.78 is 13.8. The fraction of sp³-hybridized carbons (Fsp3) is 0. The Morgan fingerprint density at radius 3 is 0.950 bits per heavy atom. The van der Waals surface area contributed by atoms with Crippen LogP contribution in [0.25, 0.3) is 121 Å². The molecular formula is C76H48N2O2. The molecule has 0 amide bonds. The Kier molecular flexibility index (Phi) is 10.5. The number of furan rings is 2. The van der Waals surface area contributed by atoms with E-state index in [4.69, 9.17) is 8.83 Å². The van der Waals surface area contributed by atoms with E-state index in [-0.39, 0.29) is 0 Å². The average Bonchev–Trinajstić information content (AvgIpc) is 4.20. The molecule has 0 spiro atoms. The quantitative estimate of drug-likeness (QED) is 0.128. The topological polar surface area (TPSA) is 32.8 Å². The maximum absolute atomic E-state index is 6.88. The van der Waals surface area contributed by atoms with Crippen LogP contribution in [-0.2, 0) is 0 Å². The third-order valence-electron chi connectivity index (χ3n) is 16.1. The predicted octanol–water partition coefficient (Wildman–Crippen LogP) is 22.0. The number of hydrogen-bond donors (Lipinski definition) is 0. The molecule has 4 nitrogen and oxygen atoms in total. The Hall–Kier alpha value is -10.7. The number of nitrogens with zero attached hydrogens (tertiary/aromatic N) is 2. The Labute approximate surface area is 462 Å². The molecule has 374 valence electrons. The largest absolute Gasteiger partial charge is 0.454 e. The molecule has 80 heavy (non-hydrogen) atoms. The van der Waals surface area contributed by atoms with Gasteiger partial charge in [-0.25, -0.2) is 0 Å². The van der Waals surface area contributed by atoms with Gasteiger partial charge in [-0.1, -0.05) is 218 Å². The van der Waals surface area contributed by atoms with Crippen molar-refractivity contribution in [3.05, 3.63) is 291 Å². The van der Waals surface area contributed by atoms with Gasteiger partial charge in [-0.2, -0.15) is 0 Å². The maximum atomic E-state index is 6.88. The first-order chi connectivity index (χ1) is 39.7. The Morgan fingerprint density at radius 1 is 0.225 bits per heavy atom. The minimum absolute atomic E-state index is 0.838. The van der Waals surface area contributed by atoms with Gasteiger partial charge in [0.2, 0.25) is 0 Å². The molecule has 16 aromatic rings. The smallest absolute Gasteiger partial charge is 0.159 e. The van der Waals surface area contributed by atoms with Crippen LogP contribution < -0.4 is 9.80 Å². The lowest BCUT2D eigenvalue weighted by Gasteiger charge is -2.30. The third kappa shape index (κ3) is 7.45. The summed E-state index contributed by atoms with van der Waals surface area (Å²) in [7, 11) is 0. The first kappa shape index (κ1) is 45.5. The number of anilines is 6. The van der Waals surface area contributed by atoms with Crippen LogP contribution in [0.3, 0.4) is 0 Å². The highest BCUT2D eigenvalue weighted by Gasteiger charge is 2.27. The highest BCUT2D eigenvalue weighted by Crippen LogP contribution is 2.51. The first-order valence-corrected chi connectivity index (χ1v) is 27.3. The molecule has 0 aliphatic carbocycles. The second-order valence-electron chi connectivity index (χ2n) is 20.8. The van der Waals surface area contributed by atoms with Crippen molar-refractivity contribution >= 4 is 110 Å². The summed E-state index contributed by atoms with van der Waals surface area (Å²) in [5, 5.41) is 11.4. The third-order valence-corrected chi connectivity index (χ3v) is 16.1. The van der Waals surface area contributed by atoms with E-state index in [1.165, 1.54) is 21.9 Å². The van der Waals surface area contributed by atoms with Crippen LogP contribution in [0.15, 0.2) is 300 Å². The summed E-state index contributed by atoms with van der Waals surface area (Å²) in [4.78, 5) is 4.83. The molecule has 0 fully saturated rings. The predicted molar refractivity (Wildman–Crippen MR) is 336 cm³/mol. The molecular weight excluding hydrogens is 973 g/mol. The van der Waals surface area contributed by atoms with Crippen molar-refractivity contribution in [3.8, 4) is 44.5 Å². The zero-order valence-corrected chi connectivity index (χ0v) is 43.4. The van der Waals surface area contributed by atoms with Gasteiger partial charge in [-0.15, -0.1) is 0 Å². The van der Waals surface area contributed by atoms with E-state index in [1.54, 1.807) is 0 Å². The summed E-state index contributed by atoms with van der Waals surface area (Å²) in [6, 6.07) is 105. The van der Waals surface area contributed by atoms with Crippen LogP contribution in [0, 0.1) is 0 Å². The molecule has 0 saturated heterocycles. The summed E-state index contributed by atoms with van der Waals surface area (Å²) in [6.07, 6.45) is 0.